The van der Waals surface area contributed by atoms with Gasteiger partial charge in [-0.25, -0.2) is 9.18 Å². The lowest BCUT2D eigenvalue weighted by molar-refractivity contribution is 0.133. The standard InChI is InChI=1S/C27H33FO4/c1-3-5-6-17-30-18-15-21-9-7-20(8-10-21)11-13-23-19-22-12-14-24(31-16-4-2)26(28)25(22)27(29)32-23/h7-10,12,14,19H,3-6,11,13,15-18H2,1-2H3. The largest absolute Gasteiger partial charge is 0.491 e. The molecule has 1 aromatic heterocycles. The van der Waals surface area contributed by atoms with Gasteiger partial charge in [-0.2, -0.15) is 0 Å². The van der Waals surface area contributed by atoms with Crippen LogP contribution in [-0.2, 0) is 24.0 Å². The summed E-state index contributed by atoms with van der Waals surface area (Å²) in [5.41, 5.74) is 1.75. The normalized spacial score (nSPS) is 11.2. The van der Waals surface area contributed by atoms with Gasteiger partial charge in [0.2, 0.25) is 0 Å². The summed E-state index contributed by atoms with van der Waals surface area (Å²) in [6.07, 6.45) is 6.53. The van der Waals surface area contributed by atoms with E-state index in [1.54, 1.807) is 18.2 Å². The van der Waals surface area contributed by atoms with Gasteiger partial charge < -0.3 is 13.9 Å². The number of fused-ring (bicyclic) bond motifs is 1. The highest BCUT2D eigenvalue weighted by molar-refractivity contribution is 5.83. The van der Waals surface area contributed by atoms with Crippen LogP contribution in [0.1, 0.15) is 56.4 Å². The van der Waals surface area contributed by atoms with Crippen LogP contribution in [0, 0.1) is 5.82 Å². The summed E-state index contributed by atoms with van der Waals surface area (Å²) in [6, 6.07) is 13.5. The van der Waals surface area contributed by atoms with Crippen LogP contribution < -0.4 is 10.4 Å². The van der Waals surface area contributed by atoms with E-state index in [1.807, 2.05) is 6.92 Å². The Morgan fingerprint density at radius 2 is 1.59 bits per heavy atom. The van der Waals surface area contributed by atoms with Crippen LogP contribution >= 0.6 is 0 Å². The molecule has 4 nitrogen and oxygen atoms in total. The van der Waals surface area contributed by atoms with Crippen molar-refractivity contribution in [3.8, 4) is 5.75 Å². The van der Waals surface area contributed by atoms with Crippen molar-refractivity contribution >= 4 is 10.8 Å². The molecule has 0 aliphatic carbocycles. The number of ether oxygens (including phenoxy) is 2. The number of hydrogen-bond donors (Lipinski definition) is 0. The SMILES string of the molecule is CCCCCOCCc1ccc(CCc2cc3ccc(OCCC)c(F)c3c(=O)o2)cc1. The van der Waals surface area contributed by atoms with Crippen LogP contribution in [0.5, 0.6) is 5.75 Å². The molecule has 0 fully saturated rings. The van der Waals surface area contributed by atoms with E-state index in [0.717, 1.165) is 44.5 Å². The molecule has 1 heterocycles. The summed E-state index contributed by atoms with van der Waals surface area (Å²) in [7, 11) is 0. The van der Waals surface area contributed by atoms with Crippen molar-refractivity contribution in [1.82, 2.24) is 0 Å². The van der Waals surface area contributed by atoms with Gasteiger partial charge in [-0.15, -0.1) is 0 Å². The molecule has 0 unspecified atom stereocenters. The Morgan fingerprint density at radius 1 is 0.844 bits per heavy atom. The van der Waals surface area contributed by atoms with E-state index in [4.69, 9.17) is 13.9 Å². The molecule has 172 valence electrons. The summed E-state index contributed by atoms with van der Waals surface area (Å²) in [6.45, 7) is 6.11. The van der Waals surface area contributed by atoms with Gasteiger partial charge in [-0.05, 0) is 54.3 Å². The van der Waals surface area contributed by atoms with Gasteiger partial charge in [0, 0.05) is 13.0 Å². The minimum absolute atomic E-state index is 0.0522. The molecule has 0 aliphatic heterocycles. The highest BCUT2D eigenvalue weighted by atomic mass is 19.1. The van der Waals surface area contributed by atoms with Gasteiger partial charge in [0.05, 0.1) is 13.2 Å². The van der Waals surface area contributed by atoms with E-state index < -0.39 is 11.4 Å². The van der Waals surface area contributed by atoms with Crippen molar-refractivity contribution in [2.24, 2.45) is 0 Å². The molecule has 3 aromatic rings. The van der Waals surface area contributed by atoms with Crippen molar-refractivity contribution in [2.75, 3.05) is 19.8 Å². The highest BCUT2D eigenvalue weighted by Gasteiger charge is 2.14. The highest BCUT2D eigenvalue weighted by Crippen LogP contribution is 2.25. The third kappa shape index (κ3) is 6.67. The fraction of sp³-hybridized carbons (Fsp3) is 0.444. The Balaban J connectivity index is 1.57. The minimum atomic E-state index is -0.661. The summed E-state index contributed by atoms with van der Waals surface area (Å²) in [5.74, 6) is -0.0132. The second-order valence-corrected chi connectivity index (χ2v) is 8.08. The van der Waals surface area contributed by atoms with E-state index in [9.17, 15) is 9.18 Å². The fourth-order valence-electron chi connectivity index (χ4n) is 3.61. The van der Waals surface area contributed by atoms with Gasteiger partial charge in [0.25, 0.3) is 0 Å². The first kappa shape index (κ1) is 24.0. The summed E-state index contributed by atoms with van der Waals surface area (Å²) < 4.78 is 31.1. The molecule has 2 aromatic carbocycles. The van der Waals surface area contributed by atoms with Gasteiger partial charge >= 0.3 is 5.63 Å². The Bertz CT molecular complexity index is 1040. The quantitative estimate of drug-likeness (QED) is 0.295. The van der Waals surface area contributed by atoms with E-state index in [0.29, 0.717) is 24.2 Å². The molecule has 3 rings (SSSR count). The predicted octanol–water partition coefficient (Wildman–Crippen LogP) is 6.26. The third-order valence-corrected chi connectivity index (χ3v) is 5.46. The molecule has 0 bridgehead atoms. The Labute approximate surface area is 189 Å². The number of unbranched alkanes of at least 4 members (excludes halogenated alkanes) is 2. The van der Waals surface area contributed by atoms with Crippen molar-refractivity contribution in [2.45, 2.75) is 58.8 Å². The van der Waals surface area contributed by atoms with Crippen LogP contribution in [0.3, 0.4) is 0 Å². The first-order valence-electron chi connectivity index (χ1n) is 11.7. The summed E-state index contributed by atoms with van der Waals surface area (Å²) in [5, 5.41) is 0.482. The van der Waals surface area contributed by atoms with Crippen molar-refractivity contribution in [3.63, 3.8) is 0 Å². The number of rotatable bonds is 13. The molecule has 0 aliphatic rings. The Morgan fingerprint density at radius 3 is 2.31 bits per heavy atom. The van der Waals surface area contributed by atoms with Crippen molar-refractivity contribution in [1.29, 1.82) is 0 Å². The Kier molecular flexibility index (Phi) is 9.29. The molecule has 0 saturated heterocycles. The first-order chi connectivity index (χ1) is 15.6. The number of halogens is 1. The number of benzene rings is 2. The lowest BCUT2D eigenvalue weighted by Crippen LogP contribution is -2.07. The molecular weight excluding hydrogens is 407 g/mol. The third-order valence-electron chi connectivity index (χ3n) is 5.46. The number of hydrogen-bond acceptors (Lipinski definition) is 4. The lowest BCUT2D eigenvalue weighted by atomic mass is 10.0. The molecule has 0 saturated carbocycles. The zero-order chi connectivity index (χ0) is 22.8. The van der Waals surface area contributed by atoms with Crippen molar-refractivity contribution < 1.29 is 18.3 Å². The van der Waals surface area contributed by atoms with E-state index in [1.165, 1.54) is 18.4 Å². The monoisotopic (exact) mass is 440 g/mol. The molecule has 0 N–H and O–H groups in total. The van der Waals surface area contributed by atoms with Crippen LogP contribution in [0.15, 0.2) is 51.7 Å². The molecular formula is C27H33FO4. The lowest BCUT2D eigenvalue weighted by Gasteiger charge is -2.09. The molecule has 0 amide bonds. The molecule has 0 spiro atoms. The minimum Gasteiger partial charge on any atom is -0.491 e. The van der Waals surface area contributed by atoms with Gasteiger partial charge in [0.1, 0.15) is 11.1 Å². The predicted molar refractivity (Wildman–Crippen MR) is 126 cm³/mol. The maximum absolute atomic E-state index is 14.6. The van der Waals surface area contributed by atoms with Crippen LogP contribution in [0.25, 0.3) is 10.8 Å². The maximum atomic E-state index is 14.6. The van der Waals surface area contributed by atoms with Crippen LogP contribution in [0.4, 0.5) is 4.39 Å². The average Bonchev–Trinajstić information content (AvgIpc) is 2.80. The van der Waals surface area contributed by atoms with E-state index in [2.05, 4.69) is 31.2 Å². The van der Waals surface area contributed by atoms with Gasteiger partial charge in [-0.3, -0.25) is 0 Å². The molecule has 0 radical (unpaired) electrons. The maximum Gasteiger partial charge on any atom is 0.346 e. The van der Waals surface area contributed by atoms with Crippen LogP contribution in [-0.4, -0.2) is 19.8 Å². The Hall–Kier alpha value is -2.66. The summed E-state index contributed by atoms with van der Waals surface area (Å²) >= 11 is 0. The second-order valence-electron chi connectivity index (χ2n) is 8.08. The fourth-order valence-corrected chi connectivity index (χ4v) is 3.61. The van der Waals surface area contributed by atoms with Gasteiger partial charge in [0.15, 0.2) is 11.6 Å². The molecule has 5 heteroatoms. The topological polar surface area (TPSA) is 48.7 Å². The average molecular weight is 441 g/mol. The molecule has 32 heavy (non-hydrogen) atoms. The zero-order valence-electron chi connectivity index (χ0n) is 19.1. The first-order valence-corrected chi connectivity index (χ1v) is 11.7. The van der Waals surface area contributed by atoms with E-state index in [-0.39, 0.29) is 11.1 Å². The van der Waals surface area contributed by atoms with Gasteiger partial charge in [-0.1, -0.05) is 57.0 Å². The van der Waals surface area contributed by atoms with Crippen molar-refractivity contribution in [3.05, 3.63) is 75.6 Å². The zero-order valence-corrected chi connectivity index (χ0v) is 19.1. The summed E-state index contributed by atoms with van der Waals surface area (Å²) in [4.78, 5) is 12.4. The smallest absolute Gasteiger partial charge is 0.346 e. The molecule has 0 atom stereocenters. The van der Waals surface area contributed by atoms with Crippen LogP contribution in [0.2, 0.25) is 0 Å². The number of aryl methyl sites for hydroxylation is 2. The van der Waals surface area contributed by atoms with E-state index >= 15 is 0 Å². The second kappa shape index (κ2) is 12.4.